The van der Waals surface area contributed by atoms with Crippen LogP contribution in [0.3, 0.4) is 0 Å². The molecule has 1 rings (SSSR count). The first-order chi connectivity index (χ1) is 8.65. The minimum absolute atomic E-state index is 0.177. The maximum Gasteiger partial charge on any atom is 0.407 e. The third-order valence-corrected chi connectivity index (χ3v) is 4.76. The minimum Gasteiger partial charge on any atom is -0.317 e. The lowest BCUT2D eigenvalue weighted by molar-refractivity contribution is -0.161. The van der Waals surface area contributed by atoms with Gasteiger partial charge in [0.2, 0.25) is 0 Å². The molecular weight excluding hydrogens is 283 g/mol. The van der Waals surface area contributed by atoms with Crippen molar-refractivity contribution in [3.8, 4) is 0 Å². The summed E-state index contributed by atoms with van der Waals surface area (Å²) in [6.45, 7) is 3.49. The van der Waals surface area contributed by atoms with Crippen LogP contribution in [-0.2, 0) is 10.2 Å². The normalized spacial score (nSPS) is 18.8. The fourth-order valence-electron chi connectivity index (χ4n) is 1.62. The molecule has 0 radical (unpaired) electrons. The van der Waals surface area contributed by atoms with Crippen molar-refractivity contribution >= 4 is 10.2 Å². The van der Waals surface area contributed by atoms with Crippen LogP contribution >= 0.6 is 0 Å². The Labute approximate surface area is 111 Å². The summed E-state index contributed by atoms with van der Waals surface area (Å²) in [6.07, 6.45) is -4.38. The number of hydrogen-bond acceptors (Lipinski definition) is 3. The predicted molar refractivity (Wildman–Crippen MR) is 65.9 cm³/mol. The zero-order valence-electron chi connectivity index (χ0n) is 11.0. The zero-order valence-corrected chi connectivity index (χ0v) is 11.9. The summed E-state index contributed by atoms with van der Waals surface area (Å²) >= 11 is 0. The maximum atomic E-state index is 12.7. The molecule has 19 heavy (non-hydrogen) atoms. The van der Waals surface area contributed by atoms with E-state index in [-0.39, 0.29) is 19.4 Å². The molecule has 2 N–H and O–H groups in total. The molecule has 0 bridgehead atoms. The molecule has 0 spiro atoms. The fraction of sp³-hybridized carbons (Fsp3) is 1.00. The van der Waals surface area contributed by atoms with Gasteiger partial charge in [0.25, 0.3) is 10.2 Å². The molecule has 1 saturated carbocycles. The second kappa shape index (κ2) is 5.94. The van der Waals surface area contributed by atoms with Crippen LogP contribution in [0.1, 0.15) is 26.2 Å². The van der Waals surface area contributed by atoms with Crippen LogP contribution < -0.4 is 10.0 Å². The molecule has 0 saturated heterocycles. The van der Waals surface area contributed by atoms with Crippen LogP contribution in [0.25, 0.3) is 0 Å². The predicted octanol–water partition coefficient (Wildman–Crippen LogP) is 0.847. The maximum absolute atomic E-state index is 12.7. The lowest BCUT2D eigenvalue weighted by Crippen LogP contribution is -2.52. The van der Waals surface area contributed by atoms with Crippen LogP contribution in [-0.4, -0.2) is 51.1 Å². The number of rotatable bonds is 8. The standard InChI is InChI=1S/C10H20F3N3O2S/c1-3-14-7-4-8-16(2)19(17,18)15-9(5-6-9)10(11,12)13/h14-15H,3-8H2,1-2H3. The van der Waals surface area contributed by atoms with Gasteiger partial charge >= 0.3 is 6.18 Å². The molecule has 0 heterocycles. The Balaban J connectivity index is 2.52. The Bertz CT molecular complexity index is 393. The van der Waals surface area contributed by atoms with Gasteiger partial charge in [-0.15, -0.1) is 0 Å². The van der Waals surface area contributed by atoms with Gasteiger partial charge in [-0.05, 0) is 32.4 Å². The Morgan fingerprint density at radius 3 is 2.32 bits per heavy atom. The Kier molecular flexibility index (Phi) is 5.21. The first kappa shape index (κ1) is 16.7. The highest BCUT2D eigenvalue weighted by molar-refractivity contribution is 7.87. The van der Waals surface area contributed by atoms with E-state index in [9.17, 15) is 21.6 Å². The molecule has 1 fully saturated rings. The number of halogens is 3. The first-order valence-corrected chi connectivity index (χ1v) is 7.61. The third kappa shape index (κ3) is 4.30. The molecule has 1 aliphatic carbocycles. The molecule has 5 nitrogen and oxygen atoms in total. The van der Waals surface area contributed by atoms with Crippen molar-refractivity contribution in [1.82, 2.24) is 14.3 Å². The molecule has 0 atom stereocenters. The molecule has 0 aromatic heterocycles. The Morgan fingerprint density at radius 2 is 1.89 bits per heavy atom. The van der Waals surface area contributed by atoms with E-state index < -0.39 is 21.9 Å². The van der Waals surface area contributed by atoms with E-state index in [2.05, 4.69) is 5.32 Å². The van der Waals surface area contributed by atoms with Crippen LogP contribution in [0, 0.1) is 0 Å². The second-order valence-electron chi connectivity index (χ2n) is 4.72. The smallest absolute Gasteiger partial charge is 0.317 e. The van der Waals surface area contributed by atoms with E-state index >= 15 is 0 Å². The number of nitrogens with one attached hydrogen (secondary N) is 2. The molecule has 0 amide bonds. The van der Waals surface area contributed by atoms with Crippen LogP contribution in [0.5, 0.6) is 0 Å². The van der Waals surface area contributed by atoms with Gasteiger partial charge < -0.3 is 5.32 Å². The van der Waals surface area contributed by atoms with Crippen molar-refractivity contribution in [2.75, 3.05) is 26.7 Å². The van der Waals surface area contributed by atoms with Gasteiger partial charge in [-0.3, -0.25) is 0 Å². The van der Waals surface area contributed by atoms with Gasteiger partial charge in [0.05, 0.1) is 0 Å². The van der Waals surface area contributed by atoms with E-state index in [4.69, 9.17) is 0 Å². The van der Waals surface area contributed by atoms with E-state index in [0.717, 1.165) is 10.8 Å². The van der Waals surface area contributed by atoms with E-state index in [1.165, 1.54) is 7.05 Å². The fourth-order valence-corrected chi connectivity index (χ4v) is 2.96. The molecule has 0 aliphatic heterocycles. The highest BCUT2D eigenvalue weighted by Crippen LogP contribution is 2.49. The topological polar surface area (TPSA) is 61.4 Å². The Hall–Kier alpha value is -0.380. The lowest BCUT2D eigenvalue weighted by atomic mass is 10.3. The van der Waals surface area contributed by atoms with Gasteiger partial charge in [-0.2, -0.15) is 30.6 Å². The van der Waals surface area contributed by atoms with Crippen molar-refractivity contribution in [2.45, 2.75) is 37.9 Å². The van der Waals surface area contributed by atoms with Crippen molar-refractivity contribution in [2.24, 2.45) is 0 Å². The summed E-state index contributed by atoms with van der Waals surface area (Å²) in [6, 6.07) is 0. The highest BCUT2D eigenvalue weighted by atomic mass is 32.2. The monoisotopic (exact) mass is 303 g/mol. The molecule has 0 aromatic rings. The van der Waals surface area contributed by atoms with Crippen molar-refractivity contribution < 1.29 is 21.6 Å². The van der Waals surface area contributed by atoms with Crippen LogP contribution in [0.15, 0.2) is 0 Å². The summed E-state index contributed by atoms with van der Waals surface area (Å²) in [5.74, 6) is 0. The van der Waals surface area contributed by atoms with Crippen LogP contribution in [0.4, 0.5) is 13.2 Å². The second-order valence-corrected chi connectivity index (χ2v) is 6.49. The average Bonchev–Trinajstić information content (AvgIpc) is 3.03. The summed E-state index contributed by atoms with van der Waals surface area (Å²) in [7, 11) is -2.81. The molecule has 0 unspecified atom stereocenters. The van der Waals surface area contributed by atoms with E-state index in [0.29, 0.717) is 13.0 Å². The minimum atomic E-state index is -4.54. The zero-order chi connectivity index (χ0) is 14.7. The first-order valence-electron chi connectivity index (χ1n) is 6.17. The summed E-state index contributed by atoms with van der Waals surface area (Å²) in [4.78, 5) is 0. The molecule has 9 heteroatoms. The number of nitrogens with zero attached hydrogens (tertiary/aromatic N) is 1. The molecular formula is C10H20F3N3O2S. The van der Waals surface area contributed by atoms with Gasteiger partial charge in [-0.1, -0.05) is 6.92 Å². The van der Waals surface area contributed by atoms with Gasteiger partial charge in [0, 0.05) is 13.6 Å². The van der Waals surface area contributed by atoms with Crippen molar-refractivity contribution in [3.05, 3.63) is 0 Å². The van der Waals surface area contributed by atoms with Crippen molar-refractivity contribution in [1.29, 1.82) is 0 Å². The highest BCUT2D eigenvalue weighted by Gasteiger charge is 2.65. The largest absolute Gasteiger partial charge is 0.407 e. The van der Waals surface area contributed by atoms with Crippen molar-refractivity contribution in [3.63, 3.8) is 0 Å². The quantitative estimate of drug-likeness (QED) is 0.654. The van der Waals surface area contributed by atoms with Gasteiger partial charge in [-0.25, -0.2) is 0 Å². The lowest BCUT2D eigenvalue weighted by Gasteiger charge is -2.24. The molecule has 114 valence electrons. The molecule has 1 aliphatic rings. The molecule has 0 aromatic carbocycles. The third-order valence-electron chi connectivity index (χ3n) is 3.10. The number of alkyl halides is 3. The summed E-state index contributed by atoms with van der Waals surface area (Å²) < 4.78 is 64.3. The SMILES string of the molecule is CCNCCCN(C)S(=O)(=O)NC1(C(F)(F)F)CC1. The van der Waals surface area contributed by atoms with Gasteiger partial charge in [0.1, 0.15) is 5.54 Å². The van der Waals surface area contributed by atoms with E-state index in [1.807, 2.05) is 6.92 Å². The van der Waals surface area contributed by atoms with Gasteiger partial charge in [0.15, 0.2) is 0 Å². The summed E-state index contributed by atoms with van der Waals surface area (Å²) in [5, 5.41) is 3.02. The average molecular weight is 303 g/mol. The number of hydrogen-bond donors (Lipinski definition) is 2. The van der Waals surface area contributed by atoms with Crippen LogP contribution in [0.2, 0.25) is 0 Å². The summed E-state index contributed by atoms with van der Waals surface area (Å²) in [5.41, 5.74) is -2.25. The van der Waals surface area contributed by atoms with E-state index in [1.54, 1.807) is 4.72 Å². The Morgan fingerprint density at radius 1 is 1.32 bits per heavy atom.